The largest absolute Gasteiger partial charge is 0.375 e. The number of nitrogens with one attached hydrogen (secondary N) is 2. The number of rotatable bonds is 9. The number of benzene rings is 2. The number of carbonyl (C=O) groups excluding carboxylic acids is 1. The molecule has 168 valence electrons. The van der Waals surface area contributed by atoms with Crippen molar-refractivity contribution in [1.82, 2.24) is 20.2 Å². The highest BCUT2D eigenvalue weighted by Gasteiger charge is 2.16. The second-order valence-corrected chi connectivity index (χ2v) is 9.06. The summed E-state index contributed by atoms with van der Waals surface area (Å²) in [4.78, 5) is 12.1. The summed E-state index contributed by atoms with van der Waals surface area (Å²) in [6.45, 7) is 6.30. The van der Waals surface area contributed by atoms with Crippen LogP contribution >= 0.6 is 23.4 Å². The quantitative estimate of drug-likeness (QED) is 0.261. The monoisotopic (exact) mass is 470 g/mol. The first-order valence-corrected chi connectivity index (χ1v) is 11.7. The van der Waals surface area contributed by atoms with Gasteiger partial charge in [0.15, 0.2) is 11.0 Å². The minimum absolute atomic E-state index is 0.0826. The third-order valence-corrected chi connectivity index (χ3v) is 6.06. The zero-order valence-electron chi connectivity index (χ0n) is 18.5. The van der Waals surface area contributed by atoms with E-state index in [1.807, 2.05) is 54.9 Å². The first-order valence-electron chi connectivity index (χ1n) is 10.3. The van der Waals surface area contributed by atoms with Crippen LogP contribution in [0.5, 0.6) is 0 Å². The van der Waals surface area contributed by atoms with Crippen molar-refractivity contribution in [3.8, 4) is 0 Å². The van der Waals surface area contributed by atoms with E-state index in [1.54, 1.807) is 6.21 Å². The van der Waals surface area contributed by atoms with Crippen molar-refractivity contribution in [3.63, 3.8) is 0 Å². The van der Waals surface area contributed by atoms with Crippen LogP contribution in [-0.2, 0) is 11.8 Å². The number of amides is 1. The van der Waals surface area contributed by atoms with Crippen molar-refractivity contribution in [2.75, 3.05) is 11.1 Å². The minimum Gasteiger partial charge on any atom is -0.375 e. The molecular weight excluding hydrogens is 444 g/mol. The van der Waals surface area contributed by atoms with E-state index in [2.05, 4.69) is 52.0 Å². The lowest BCUT2D eigenvalue weighted by molar-refractivity contribution is -0.118. The molecule has 3 rings (SSSR count). The molecule has 1 aromatic heterocycles. The molecule has 32 heavy (non-hydrogen) atoms. The summed E-state index contributed by atoms with van der Waals surface area (Å²) in [5.41, 5.74) is 5.65. The van der Waals surface area contributed by atoms with E-state index in [-0.39, 0.29) is 17.7 Å². The minimum atomic E-state index is -0.209. The lowest BCUT2D eigenvalue weighted by Gasteiger charge is -2.15. The van der Waals surface area contributed by atoms with Gasteiger partial charge in [0.1, 0.15) is 0 Å². The van der Waals surface area contributed by atoms with Gasteiger partial charge in [0, 0.05) is 17.8 Å². The van der Waals surface area contributed by atoms with Crippen molar-refractivity contribution in [2.45, 2.75) is 37.9 Å². The number of nitrogens with zero attached hydrogens (tertiary/aromatic N) is 4. The third-order valence-electron chi connectivity index (χ3n) is 4.80. The Bertz CT molecular complexity index is 1080. The number of anilines is 1. The number of hydrogen-bond acceptors (Lipinski definition) is 6. The van der Waals surface area contributed by atoms with Crippen LogP contribution in [-0.4, -0.2) is 32.6 Å². The predicted octanol–water partition coefficient (Wildman–Crippen LogP) is 5.01. The second kappa shape index (κ2) is 11.2. The number of aromatic nitrogens is 3. The molecule has 1 atom stereocenters. The van der Waals surface area contributed by atoms with Gasteiger partial charge in [-0.1, -0.05) is 67.5 Å². The third kappa shape index (κ3) is 6.58. The maximum atomic E-state index is 12.1. The lowest BCUT2D eigenvalue weighted by atomic mass is 10.0. The Hall–Kier alpha value is -2.84. The van der Waals surface area contributed by atoms with E-state index in [4.69, 9.17) is 11.6 Å². The number of hydrazone groups is 1. The molecule has 1 heterocycles. The van der Waals surface area contributed by atoms with Crippen LogP contribution in [0.3, 0.4) is 0 Å². The van der Waals surface area contributed by atoms with Gasteiger partial charge in [-0.3, -0.25) is 4.79 Å². The molecule has 7 nitrogen and oxygen atoms in total. The number of hydrogen-bond donors (Lipinski definition) is 2. The van der Waals surface area contributed by atoms with Crippen LogP contribution in [0.1, 0.15) is 49.7 Å². The van der Waals surface area contributed by atoms with Gasteiger partial charge in [0.25, 0.3) is 5.91 Å². The fraction of sp³-hybridized carbons (Fsp3) is 0.304. The van der Waals surface area contributed by atoms with E-state index in [9.17, 15) is 4.79 Å². The molecule has 0 unspecified atom stereocenters. The summed E-state index contributed by atoms with van der Waals surface area (Å²) in [5.74, 6) is 1.22. The van der Waals surface area contributed by atoms with Crippen molar-refractivity contribution in [1.29, 1.82) is 0 Å². The summed E-state index contributed by atoms with van der Waals surface area (Å²) in [6, 6.07) is 15.5. The first kappa shape index (κ1) is 23.8. The molecule has 0 saturated heterocycles. The van der Waals surface area contributed by atoms with Crippen molar-refractivity contribution in [3.05, 3.63) is 70.5 Å². The Labute approximate surface area is 197 Å². The van der Waals surface area contributed by atoms with Gasteiger partial charge in [-0.15, -0.1) is 10.2 Å². The highest BCUT2D eigenvalue weighted by molar-refractivity contribution is 7.99. The van der Waals surface area contributed by atoms with Crippen LogP contribution < -0.4 is 10.7 Å². The van der Waals surface area contributed by atoms with Gasteiger partial charge in [0.05, 0.1) is 18.0 Å². The molecule has 3 aromatic rings. The first-order chi connectivity index (χ1) is 15.3. The topological polar surface area (TPSA) is 84.2 Å². The molecule has 0 fully saturated rings. The number of thioether (sulfide) groups is 1. The Morgan fingerprint density at radius 3 is 2.62 bits per heavy atom. The van der Waals surface area contributed by atoms with Crippen molar-refractivity contribution < 1.29 is 4.79 Å². The van der Waals surface area contributed by atoms with Gasteiger partial charge >= 0.3 is 0 Å². The van der Waals surface area contributed by atoms with Crippen LogP contribution in [0, 0.1) is 0 Å². The molecule has 1 amide bonds. The fourth-order valence-corrected chi connectivity index (χ4v) is 3.93. The average molecular weight is 471 g/mol. The van der Waals surface area contributed by atoms with Gasteiger partial charge < -0.3 is 9.88 Å². The van der Waals surface area contributed by atoms with Crippen molar-refractivity contribution >= 4 is 41.2 Å². The molecule has 0 radical (unpaired) electrons. The molecule has 0 spiro atoms. The van der Waals surface area contributed by atoms with E-state index in [1.165, 1.54) is 17.3 Å². The molecule has 2 N–H and O–H groups in total. The van der Waals surface area contributed by atoms with Gasteiger partial charge in [0.2, 0.25) is 0 Å². The smallest absolute Gasteiger partial charge is 0.250 e. The number of halogens is 1. The molecule has 0 aliphatic heterocycles. The molecule has 9 heteroatoms. The van der Waals surface area contributed by atoms with E-state index in [0.717, 1.165) is 17.1 Å². The SMILES string of the molecule is CC(C)c1ccc(/C=N/NC(=O)CSc2nnc([C@H](C)Nc3cccc(Cl)c3)n2C)cc1. The normalized spacial score (nSPS) is 12.3. The van der Waals surface area contributed by atoms with Gasteiger partial charge in [-0.05, 0) is 42.2 Å². The van der Waals surface area contributed by atoms with Crippen LogP contribution in [0.25, 0.3) is 0 Å². The van der Waals surface area contributed by atoms with E-state index >= 15 is 0 Å². The van der Waals surface area contributed by atoms with Gasteiger partial charge in [-0.25, -0.2) is 5.43 Å². The van der Waals surface area contributed by atoms with Crippen LogP contribution in [0.15, 0.2) is 58.8 Å². The summed E-state index contributed by atoms with van der Waals surface area (Å²) >= 11 is 7.35. The highest BCUT2D eigenvalue weighted by atomic mass is 35.5. The summed E-state index contributed by atoms with van der Waals surface area (Å²) < 4.78 is 1.87. The molecule has 0 aliphatic carbocycles. The van der Waals surface area contributed by atoms with E-state index in [0.29, 0.717) is 16.1 Å². The Kier molecular flexibility index (Phi) is 8.30. The van der Waals surface area contributed by atoms with E-state index < -0.39 is 0 Å². The second-order valence-electron chi connectivity index (χ2n) is 7.68. The molecule has 0 bridgehead atoms. The maximum absolute atomic E-state index is 12.1. The average Bonchev–Trinajstić information content (AvgIpc) is 3.13. The summed E-state index contributed by atoms with van der Waals surface area (Å²) in [6.07, 6.45) is 1.64. The Morgan fingerprint density at radius 1 is 1.19 bits per heavy atom. The summed E-state index contributed by atoms with van der Waals surface area (Å²) in [5, 5.41) is 17.2. The Morgan fingerprint density at radius 2 is 1.94 bits per heavy atom. The number of carbonyl (C=O) groups is 1. The molecule has 0 aliphatic rings. The van der Waals surface area contributed by atoms with Crippen LogP contribution in [0.2, 0.25) is 5.02 Å². The summed E-state index contributed by atoms with van der Waals surface area (Å²) in [7, 11) is 1.88. The van der Waals surface area contributed by atoms with Gasteiger partial charge in [-0.2, -0.15) is 5.10 Å². The standard InChI is InChI=1S/C23H27ClN6OS/c1-15(2)18-10-8-17(9-11-18)13-25-27-21(31)14-32-23-29-28-22(30(23)4)16(3)26-20-7-5-6-19(24)12-20/h5-13,15-16,26H,14H2,1-4H3,(H,27,31)/b25-13+/t16-/m0/s1. The zero-order valence-corrected chi connectivity index (χ0v) is 20.1. The molecular formula is C23H27ClN6OS. The zero-order chi connectivity index (χ0) is 23.1. The lowest BCUT2D eigenvalue weighted by Crippen LogP contribution is -2.20. The van der Waals surface area contributed by atoms with Crippen LogP contribution in [0.4, 0.5) is 5.69 Å². The molecule has 0 saturated carbocycles. The maximum Gasteiger partial charge on any atom is 0.250 e. The highest BCUT2D eigenvalue weighted by Crippen LogP contribution is 2.23. The van der Waals surface area contributed by atoms with Crippen molar-refractivity contribution in [2.24, 2.45) is 12.1 Å². The predicted molar refractivity (Wildman–Crippen MR) is 131 cm³/mol. The Balaban J connectivity index is 1.50. The molecule has 2 aromatic carbocycles. The fourth-order valence-electron chi connectivity index (χ4n) is 3.03.